The molecule has 2 aromatic carbocycles. The zero-order chi connectivity index (χ0) is 18.1. The molecule has 1 aliphatic rings. The second kappa shape index (κ2) is 6.99. The second-order valence-corrected chi connectivity index (χ2v) is 7.02. The van der Waals surface area contributed by atoms with E-state index in [0.29, 0.717) is 24.7 Å². The van der Waals surface area contributed by atoms with Gasteiger partial charge >= 0.3 is 0 Å². The fraction of sp³-hybridized carbons (Fsp3) is 0.211. The van der Waals surface area contributed by atoms with Crippen LogP contribution in [0.1, 0.15) is 35.1 Å². The lowest BCUT2D eigenvalue weighted by Crippen LogP contribution is -2.31. The molecule has 0 spiro atoms. The number of carbonyl (C=O) groups is 1. The van der Waals surface area contributed by atoms with Gasteiger partial charge in [0.1, 0.15) is 11.9 Å². The van der Waals surface area contributed by atoms with E-state index in [1.807, 2.05) is 24.3 Å². The third-order valence-corrected chi connectivity index (χ3v) is 4.98. The molecule has 4 rings (SSSR count). The van der Waals surface area contributed by atoms with Crippen LogP contribution in [0.2, 0.25) is 0 Å². The van der Waals surface area contributed by atoms with Gasteiger partial charge in [0, 0.05) is 16.6 Å². The van der Waals surface area contributed by atoms with Crippen molar-refractivity contribution < 1.29 is 13.7 Å². The van der Waals surface area contributed by atoms with E-state index in [2.05, 4.69) is 26.1 Å². The van der Waals surface area contributed by atoms with Gasteiger partial charge in [-0.2, -0.15) is 4.98 Å². The molecule has 1 aliphatic heterocycles. The molecular weight excluding hydrogens is 401 g/mol. The van der Waals surface area contributed by atoms with Crippen molar-refractivity contribution >= 4 is 21.8 Å². The summed E-state index contributed by atoms with van der Waals surface area (Å²) in [5.41, 5.74) is 0.889. The smallest absolute Gasteiger partial charge is 0.257 e. The van der Waals surface area contributed by atoms with Gasteiger partial charge in [0.2, 0.25) is 11.7 Å². The fourth-order valence-electron chi connectivity index (χ4n) is 3.14. The lowest BCUT2D eigenvalue weighted by molar-refractivity contribution is 0.0705. The molecule has 7 heteroatoms. The Hall–Kier alpha value is -2.54. The first-order valence-corrected chi connectivity index (χ1v) is 9.08. The molecule has 1 atom stereocenters. The highest BCUT2D eigenvalue weighted by Crippen LogP contribution is 2.33. The summed E-state index contributed by atoms with van der Waals surface area (Å²) >= 11 is 3.39. The summed E-state index contributed by atoms with van der Waals surface area (Å²) in [4.78, 5) is 18.8. The first kappa shape index (κ1) is 16.9. The van der Waals surface area contributed by atoms with E-state index in [4.69, 9.17) is 4.52 Å². The zero-order valence-electron chi connectivity index (χ0n) is 13.7. The lowest BCUT2D eigenvalue weighted by Gasteiger charge is -2.22. The molecule has 132 valence electrons. The number of likely N-dealkylation sites (tertiary alicyclic amines) is 1. The minimum Gasteiger partial charge on any atom is -0.337 e. The monoisotopic (exact) mass is 415 g/mol. The number of hydrogen-bond acceptors (Lipinski definition) is 4. The van der Waals surface area contributed by atoms with Crippen molar-refractivity contribution in [3.05, 3.63) is 70.3 Å². The van der Waals surface area contributed by atoms with Crippen LogP contribution < -0.4 is 0 Å². The predicted molar refractivity (Wildman–Crippen MR) is 96.8 cm³/mol. The van der Waals surface area contributed by atoms with Gasteiger partial charge in [0.25, 0.3) is 5.91 Å². The molecule has 3 aromatic rings. The van der Waals surface area contributed by atoms with Gasteiger partial charge in [-0.05, 0) is 49.2 Å². The number of rotatable bonds is 3. The Morgan fingerprint density at radius 1 is 1.19 bits per heavy atom. The van der Waals surface area contributed by atoms with Crippen LogP contribution in [0.25, 0.3) is 11.4 Å². The number of hydrogen-bond donors (Lipinski definition) is 0. The Morgan fingerprint density at radius 3 is 2.73 bits per heavy atom. The van der Waals surface area contributed by atoms with Crippen molar-refractivity contribution in [3.63, 3.8) is 0 Å². The molecule has 0 bridgehead atoms. The largest absolute Gasteiger partial charge is 0.337 e. The predicted octanol–water partition coefficient (Wildman–Crippen LogP) is 4.62. The van der Waals surface area contributed by atoms with Crippen molar-refractivity contribution in [2.24, 2.45) is 0 Å². The number of aromatic nitrogens is 2. The molecule has 0 radical (unpaired) electrons. The van der Waals surface area contributed by atoms with Gasteiger partial charge in [-0.25, -0.2) is 4.39 Å². The SMILES string of the molecule is O=C(c1ccccc1F)N1CCCC1c1nc(-c2ccc(Br)cc2)no1. The van der Waals surface area contributed by atoms with Gasteiger partial charge in [0.15, 0.2) is 0 Å². The van der Waals surface area contributed by atoms with Crippen LogP contribution in [-0.2, 0) is 0 Å². The molecular formula is C19H15BrFN3O2. The molecule has 1 saturated heterocycles. The first-order valence-electron chi connectivity index (χ1n) is 8.28. The number of halogens is 2. The van der Waals surface area contributed by atoms with Gasteiger partial charge in [0.05, 0.1) is 5.56 Å². The Labute approximate surface area is 158 Å². The molecule has 0 saturated carbocycles. The van der Waals surface area contributed by atoms with Crippen LogP contribution in [0.4, 0.5) is 4.39 Å². The average molecular weight is 416 g/mol. The first-order chi connectivity index (χ1) is 12.6. The molecule has 0 aliphatic carbocycles. The maximum absolute atomic E-state index is 14.0. The summed E-state index contributed by atoms with van der Waals surface area (Å²) in [6.07, 6.45) is 1.52. The molecule has 1 aromatic heterocycles. The summed E-state index contributed by atoms with van der Waals surface area (Å²) in [6.45, 7) is 0.536. The molecule has 1 amide bonds. The topological polar surface area (TPSA) is 59.2 Å². The Balaban J connectivity index is 1.60. The van der Waals surface area contributed by atoms with Gasteiger partial charge < -0.3 is 9.42 Å². The summed E-state index contributed by atoms with van der Waals surface area (Å²) in [5, 5.41) is 4.03. The van der Waals surface area contributed by atoms with Crippen molar-refractivity contribution in [3.8, 4) is 11.4 Å². The Kier molecular flexibility index (Phi) is 4.55. The Bertz CT molecular complexity index is 942. The number of amides is 1. The van der Waals surface area contributed by atoms with Crippen LogP contribution in [0, 0.1) is 5.82 Å². The molecule has 0 N–H and O–H groups in total. The van der Waals surface area contributed by atoms with Crippen LogP contribution in [0.3, 0.4) is 0 Å². The maximum atomic E-state index is 14.0. The summed E-state index contributed by atoms with van der Waals surface area (Å²) in [7, 11) is 0. The molecule has 2 heterocycles. The van der Waals surface area contributed by atoms with E-state index in [-0.39, 0.29) is 17.5 Å². The average Bonchev–Trinajstić information content (AvgIpc) is 3.31. The molecule has 1 fully saturated rings. The summed E-state index contributed by atoms with van der Waals surface area (Å²) in [5.74, 6) is -0.0268. The van der Waals surface area contributed by atoms with E-state index < -0.39 is 5.82 Å². The zero-order valence-corrected chi connectivity index (χ0v) is 15.3. The van der Waals surface area contributed by atoms with Gasteiger partial charge in [-0.15, -0.1) is 0 Å². The van der Waals surface area contributed by atoms with Crippen LogP contribution in [-0.4, -0.2) is 27.5 Å². The quantitative estimate of drug-likeness (QED) is 0.626. The van der Waals surface area contributed by atoms with E-state index in [0.717, 1.165) is 16.5 Å². The van der Waals surface area contributed by atoms with Crippen molar-refractivity contribution in [1.29, 1.82) is 0 Å². The Morgan fingerprint density at radius 2 is 1.96 bits per heavy atom. The number of carbonyl (C=O) groups excluding carboxylic acids is 1. The van der Waals surface area contributed by atoms with Crippen molar-refractivity contribution in [2.45, 2.75) is 18.9 Å². The molecule has 1 unspecified atom stereocenters. The van der Waals surface area contributed by atoms with Crippen LogP contribution >= 0.6 is 15.9 Å². The van der Waals surface area contributed by atoms with Crippen LogP contribution in [0.15, 0.2) is 57.5 Å². The summed E-state index contributed by atoms with van der Waals surface area (Å²) in [6, 6.07) is 13.2. The minimum atomic E-state index is -0.524. The van der Waals surface area contributed by atoms with Crippen LogP contribution in [0.5, 0.6) is 0 Å². The van der Waals surface area contributed by atoms with Crippen molar-refractivity contribution in [1.82, 2.24) is 15.0 Å². The number of nitrogens with zero attached hydrogens (tertiary/aromatic N) is 3. The van der Waals surface area contributed by atoms with E-state index in [1.165, 1.54) is 12.1 Å². The van der Waals surface area contributed by atoms with E-state index in [1.54, 1.807) is 17.0 Å². The fourth-order valence-corrected chi connectivity index (χ4v) is 3.41. The highest BCUT2D eigenvalue weighted by molar-refractivity contribution is 9.10. The normalized spacial score (nSPS) is 16.8. The van der Waals surface area contributed by atoms with Crippen molar-refractivity contribution in [2.75, 3.05) is 6.54 Å². The summed E-state index contributed by atoms with van der Waals surface area (Å²) < 4.78 is 20.4. The number of benzene rings is 2. The molecule has 5 nitrogen and oxygen atoms in total. The van der Waals surface area contributed by atoms with Gasteiger partial charge in [-0.1, -0.05) is 33.2 Å². The standard InChI is InChI=1S/C19H15BrFN3O2/c20-13-9-7-12(8-10-13)17-22-18(26-23-17)16-6-3-11-24(16)19(25)14-4-1-2-5-15(14)21/h1-2,4-5,7-10,16H,3,6,11H2. The van der Waals surface area contributed by atoms with E-state index >= 15 is 0 Å². The minimum absolute atomic E-state index is 0.0621. The second-order valence-electron chi connectivity index (χ2n) is 6.10. The highest BCUT2D eigenvalue weighted by Gasteiger charge is 2.35. The lowest BCUT2D eigenvalue weighted by atomic mass is 10.1. The molecule has 26 heavy (non-hydrogen) atoms. The van der Waals surface area contributed by atoms with Gasteiger partial charge in [-0.3, -0.25) is 4.79 Å². The third kappa shape index (κ3) is 3.14. The maximum Gasteiger partial charge on any atom is 0.257 e. The van der Waals surface area contributed by atoms with E-state index in [9.17, 15) is 9.18 Å². The third-order valence-electron chi connectivity index (χ3n) is 4.45. The highest BCUT2D eigenvalue weighted by atomic mass is 79.9.